The van der Waals surface area contributed by atoms with Crippen LogP contribution in [0.25, 0.3) is 0 Å². The van der Waals surface area contributed by atoms with E-state index in [1.807, 2.05) is 13.8 Å². The number of nitrogens with zero attached hydrogens (tertiary/aromatic N) is 3. The van der Waals surface area contributed by atoms with Crippen molar-refractivity contribution in [1.29, 1.82) is 0 Å². The van der Waals surface area contributed by atoms with E-state index in [1.54, 1.807) is 6.07 Å². The van der Waals surface area contributed by atoms with Crippen LogP contribution < -0.4 is 4.90 Å². The summed E-state index contributed by atoms with van der Waals surface area (Å²) in [5, 5.41) is 10.7. The van der Waals surface area contributed by atoms with Crippen LogP contribution >= 0.6 is 0 Å². The molecule has 1 saturated heterocycles. The summed E-state index contributed by atoms with van der Waals surface area (Å²) in [6.07, 6.45) is 3.62. The molecule has 1 aliphatic rings. The van der Waals surface area contributed by atoms with Crippen LogP contribution in [-0.4, -0.2) is 36.2 Å². The molecule has 2 rings (SSSR count). The number of pyridine rings is 1. The van der Waals surface area contributed by atoms with E-state index in [2.05, 4.69) is 9.88 Å². The normalized spacial score (nSPS) is 19.1. The molecule has 2 heterocycles. The Balaban J connectivity index is 2.08. The molecule has 6 nitrogen and oxygen atoms in total. The molecule has 20 heavy (non-hydrogen) atoms. The Morgan fingerprint density at radius 2 is 2.40 bits per heavy atom. The summed E-state index contributed by atoms with van der Waals surface area (Å²) in [7, 11) is 0. The molecule has 0 amide bonds. The molecule has 1 aromatic rings. The van der Waals surface area contributed by atoms with Crippen LogP contribution in [0.15, 0.2) is 12.3 Å². The third-order valence-corrected chi connectivity index (χ3v) is 3.62. The van der Waals surface area contributed by atoms with Gasteiger partial charge in [0, 0.05) is 25.8 Å². The maximum absolute atomic E-state index is 10.7. The van der Waals surface area contributed by atoms with Crippen LogP contribution in [0.2, 0.25) is 0 Å². The molecule has 1 atom stereocenters. The van der Waals surface area contributed by atoms with Crippen molar-refractivity contribution in [3.8, 4) is 0 Å². The molecule has 0 saturated carbocycles. The lowest BCUT2D eigenvalue weighted by Crippen LogP contribution is -2.38. The van der Waals surface area contributed by atoms with Gasteiger partial charge in [-0.25, -0.2) is 4.98 Å². The number of nitro groups is 1. The van der Waals surface area contributed by atoms with E-state index in [0.717, 1.165) is 44.1 Å². The zero-order valence-corrected chi connectivity index (χ0v) is 12.0. The highest BCUT2D eigenvalue weighted by molar-refractivity contribution is 5.50. The van der Waals surface area contributed by atoms with Gasteiger partial charge in [0.05, 0.1) is 11.5 Å². The van der Waals surface area contributed by atoms with Crippen molar-refractivity contribution in [2.45, 2.75) is 26.7 Å². The van der Waals surface area contributed by atoms with Gasteiger partial charge in [0.2, 0.25) is 0 Å². The Bertz CT molecular complexity index is 479. The molecule has 6 heteroatoms. The number of rotatable bonds is 5. The second-order valence-electron chi connectivity index (χ2n) is 5.20. The van der Waals surface area contributed by atoms with Crippen molar-refractivity contribution in [1.82, 2.24) is 4.98 Å². The fourth-order valence-corrected chi connectivity index (χ4v) is 2.66. The first-order valence-electron chi connectivity index (χ1n) is 7.05. The maximum atomic E-state index is 10.7. The highest BCUT2D eigenvalue weighted by Crippen LogP contribution is 2.26. The van der Waals surface area contributed by atoms with Crippen molar-refractivity contribution >= 4 is 11.5 Å². The van der Waals surface area contributed by atoms with E-state index in [0.29, 0.717) is 5.92 Å². The number of hydrogen-bond donors (Lipinski definition) is 0. The summed E-state index contributed by atoms with van der Waals surface area (Å²) in [6, 6.07) is 1.59. The van der Waals surface area contributed by atoms with Gasteiger partial charge in [-0.2, -0.15) is 0 Å². The topological polar surface area (TPSA) is 68.5 Å². The molecule has 1 aliphatic heterocycles. The zero-order valence-electron chi connectivity index (χ0n) is 12.0. The second kappa shape index (κ2) is 6.65. The molecule has 110 valence electrons. The number of aromatic nitrogens is 1. The van der Waals surface area contributed by atoms with Gasteiger partial charge in [-0.1, -0.05) is 0 Å². The van der Waals surface area contributed by atoms with Gasteiger partial charge < -0.3 is 9.64 Å². The van der Waals surface area contributed by atoms with Crippen LogP contribution in [0.3, 0.4) is 0 Å². The molecule has 0 bridgehead atoms. The van der Waals surface area contributed by atoms with Crippen molar-refractivity contribution in [3.05, 3.63) is 27.9 Å². The molecule has 0 aromatic carbocycles. The summed E-state index contributed by atoms with van der Waals surface area (Å²) in [6.45, 7) is 7.26. The van der Waals surface area contributed by atoms with Crippen LogP contribution in [0.5, 0.6) is 0 Å². The maximum Gasteiger partial charge on any atom is 0.287 e. The van der Waals surface area contributed by atoms with E-state index in [9.17, 15) is 10.1 Å². The van der Waals surface area contributed by atoms with Gasteiger partial charge in [0.15, 0.2) is 0 Å². The highest BCUT2D eigenvalue weighted by atomic mass is 16.6. The Labute approximate surface area is 118 Å². The van der Waals surface area contributed by atoms with E-state index in [1.165, 1.54) is 12.6 Å². The minimum absolute atomic E-state index is 0.0501. The van der Waals surface area contributed by atoms with Crippen molar-refractivity contribution in [2.75, 3.05) is 31.2 Å². The second-order valence-corrected chi connectivity index (χ2v) is 5.20. The summed E-state index contributed by atoms with van der Waals surface area (Å²) in [5.74, 6) is 1.37. The Kier molecular flexibility index (Phi) is 4.89. The first-order chi connectivity index (χ1) is 9.61. The van der Waals surface area contributed by atoms with Crippen molar-refractivity contribution in [2.24, 2.45) is 5.92 Å². The van der Waals surface area contributed by atoms with Gasteiger partial charge in [0.1, 0.15) is 12.0 Å². The molecule has 0 N–H and O–H groups in total. The lowest BCUT2D eigenvalue weighted by molar-refractivity contribution is -0.385. The lowest BCUT2D eigenvalue weighted by Gasteiger charge is -2.34. The number of anilines is 1. The molecular weight excluding hydrogens is 258 g/mol. The number of aryl methyl sites for hydroxylation is 1. The molecule has 1 unspecified atom stereocenters. The molecule has 0 aliphatic carbocycles. The van der Waals surface area contributed by atoms with Crippen molar-refractivity contribution in [3.63, 3.8) is 0 Å². The van der Waals surface area contributed by atoms with Gasteiger partial charge >= 0.3 is 0 Å². The van der Waals surface area contributed by atoms with Crippen LogP contribution in [0.4, 0.5) is 11.5 Å². The molecule has 0 radical (unpaired) electrons. The minimum Gasteiger partial charge on any atom is -0.381 e. The lowest BCUT2D eigenvalue weighted by atomic mass is 9.98. The van der Waals surface area contributed by atoms with E-state index < -0.39 is 4.92 Å². The smallest absolute Gasteiger partial charge is 0.287 e. The quantitative estimate of drug-likeness (QED) is 0.612. The van der Waals surface area contributed by atoms with E-state index in [4.69, 9.17) is 4.74 Å². The number of ether oxygens (including phenoxy) is 1. The summed E-state index contributed by atoms with van der Waals surface area (Å²) in [4.78, 5) is 16.8. The van der Waals surface area contributed by atoms with Crippen LogP contribution in [-0.2, 0) is 4.74 Å². The predicted molar refractivity (Wildman–Crippen MR) is 77.1 cm³/mol. The van der Waals surface area contributed by atoms with Gasteiger partial charge in [-0.15, -0.1) is 0 Å². The fraction of sp³-hybridized carbons (Fsp3) is 0.643. The standard InChI is InChI=1S/C14H21N3O3/c1-3-20-10-12-5-4-6-16(9-12)14-11(2)7-13(8-15-14)17(18)19/h7-8,12H,3-6,9-10H2,1-2H3. The average molecular weight is 279 g/mol. The third-order valence-electron chi connectivity index (χ3n) is 3.62. The van der Waals surface area contributed by atoms with Crippen molar-refractivity contribution < 1.29 is 9.66 Å². The summed E-state index contributed by atoms with van der Waals surface area (Å²) < 4.78 is 5.50. The number of piperidine rings is 1. The Morgan fingerprint density at radius 1 is 1.60 bits per heavy atom. The highest BCUT2D eigenvalue weighted by Gasteiger charge is 2.23. The monoisotopic (exact) mass is 279 g/mol. The third kappa shape index (κ3) is 3.45. The first kappa shape index (κ1) is 14.7. The minimum atomic E-state index is -0.405. The Morgan fingerprint density at radius 3 is 3.05 bits per heavy atom. The van der Waals surface area contributed by atoms with E-state index in [-0.39, 0.29) is 5.69 Å². The summed E-state index contributed by atoms with van der Waals surface area (Å²) in [5.41, 5.74) is 0.908. The number of hydrogen-bond acceptors (Lipinski definition) is 5. The van der Waals surface area contributed by atoms with Crippen LogP contribution in [0, 0.1) is 23.0 Å². The molecule has 1 fully saturated rings. The molecule has 0 spiro atoms. The zero-order chi connectivity index (χ0) is 14.5. The predicted octanol–water partition coefficient (Wildman–Crippen LogP) is 2.55. The fourth-order valence-electron chi connectivity index (χ4n) is 2.66. The average Bonchev–Trinajstić information content (AvgIpc) is 2.45. The van der Waals surface area contributed by atoms with Crippen LogP contribution in [0.1, 0.15) is 25.3 Å². The summed E-state index contributed by atoms with van der Waals surface area (Å²) >= 11 is 0. The molecular formula is C14H21N3O3. The van der Waals surface area contributed by atoms with Gasteiger partial charge in [-0.05, 0) is 38.2 Å². The largest absolute Gasteiger partial charge is 0.381 e. The Hall–Kier alpha value is -1.69. The first-order valence-corrected chi connectivity index (χ1v) is 7.05. The van der Waals surface area contributed by atoms with E-state index >= 15 is 0 Å². The SMILES string of the molecule is CCOCC1CCCN(c2ncc([N+](=O)[O-])cc2C)C1. The molecule has 1 aromatic heterocycles. The van der Waals surface area contributed by atoms with Gasteiger partial charge in [-0.3, -0.25) is 10.1 Å². The van der Waals surface area contributed by atoms with Gasteiger partial charge in [0.25, 0.3) is 5.69 Å².